The van der Waals surface area contributed by atoms with E-state index >= 15 is 0 Å². The summed E-state index contributed by atoms with van der Waals surface area (Å²) in [6.07, 6.45) is 6.22. The summed E-state index contributed by atoms with van der Waals surface area (Å²) in [5, 5.41) is 0. The van der Waals surface area contributed by atoms with Gasteiger partial charge in [-0.3, -0.25) is 0 Å². The zero-order valence-corrected chi connectivity index (χ0v) is 10.3. The van der Waals surface area contributed by atoms with Crippen LogP contribution >= 0.6 is 0 Å². The molecule has 0 spiro atoms. The molecule has 3 heteroatoms. The average Bonchev–Trinajstić information content (AvgIpc) is 2.25. The standard InChI is InChI=1S/C13H20N2O/c1-4-5-6-7-8-16-12-9-10(2)11(3)13(14)15-12/h5-6,9H,4,7-8H2,1-3H3,(H2,14,15). The minimum atomic E-state index is 0.555. The van der Waals surface area contributed by atoms with Crippen molar-refractivity contribution in [1.82, 2.24) is 4.98 Å². The van der Waals surface area contributed by atoms with Crippen molar-refractivity contribution in [2.45, 2.75) is 33.6 Å². The molecule has 0 aliphatic carbocycles. The van der Waals surface area contributed by atoms with Crippen LogP contribution < -0.4 is 10.5 Å². The summed E-state index contributed by atoms with van der Waals surface area (Å²) in [6.45, 7) is 6.73. The zero-order chi connectivity index (χ0) is 12.0. The first-order valence-corrected chi connectivity index (χ1v) is 5.66. The van der Waals surface area contributed by atoms with E-state index in [1.807, 2.05) is 19.9 Å². The van der Waals surface area contributed by atoms with Gasteiger partial charge in [-0.05, 0) is 37.8 Å². The average molecular weight is 220 g/mol. The number of nitrogens with zero attached hydrogens (tertiary/aromatic N) is 1. The Balaban J connectivity index is 2.52. The molecule has 0 aliphatic heterocycles. The van der Waals surface area contributed by atoms with Crippen LogP contribution in [-0.2, 0) is 0 Å². The first-order chi connectivity index (χ1) is 7.65. The van der Waals surface area contributed by atoms with Crippen LogP contribution in [-0.4, -0.2) is 11.6 Å². The topological polar surface area (TPSA) is 48.1 Å². The van der Waals surface area contributed by atoms with Gasteiger partial charge < -0.3 is 10.5 Å². The number of aryl methyl sites for hydroxylation is 1. The first kappa shape index (κ1) is 12.6. The Morgan fingerprint density at radius 2 is 2.12 bits per heavy atom. The molecule has 3 nitrogen and oxygen atoms in total. The molecular weight excluding hydrogens is 200 g/mol. The van der Waals surface area contributed by atoms with Crippen LogP contribution in [0.3, 0.4) is 0 Å². The molecule has 0 unspecified atom stereocenters. The number of anilines is 1. The van der Waals surface area contributed by atoms with Crippen LogP contribution in [0.25, 0.3) is 0 Å². The number of allylic oxidation sites excluding steroid dienone is 1. The molecule has 1 aromatic rings. The number of hydrogen-bond donors (Lipinski definition) is 1. The van der Waals surface area contributed by atoms with Gasteiger partial charge in [0, 0.05) is 6.07 Å². The number of rotatable bonds is 5. The fourth-order valence-electron chi connectivity index (χ4n) is 1.32. The number of pyridine rings is 1. The number of hydrogen-bond acceptors (Lipinski definition) is 3. The van der Waals surface area contributed by atoms with Crippen LogP contribution in [0.1, 0.15) is 30.9 Å². The van der Waals surface area contributed by atoms with Crippen molar-refractivity contribution in [1.29, 1.82) is 0 Å². The Bertz CT molecular complexity index is 349. The quantitative estimate of drug-likeness (QED) is 0.613. The van der Waals surface area contributed by atoms with Gasteiger partial charge in [-0.25, -0.2) is 0 Å². The third kappa shape index (κ3) is 3.57. The van der Waals surface area contributed by atoms with Gasteiger partial charge in [0.05, 0.1) is 6.61 Å². The fourth-order valence-corrected chi connectivity index (χ4v) is 1.32. The molecule has 1 heterocycles. The van der Waals surface area contributed by atoms with Crippen LogP contribution in [0.15, 0.2) is 18.2 Å². The van der Waals surface area contributed by atoms with E-state index in [0.717, 1.165) is 24.0 Å². The van der Waals surface area contributed by atoms with Gasteiger partial charge in [0.2, 0.25) is 5.88 Å². The van der Waals surface area contributed by atoms with E-state index in [9.17, 15) is 0 Å². The van der Waals surface area contributed by atoms with Crippen LogP contribution in [0.2, 0.25) is 0 Å². The van der Waals surface area contributed by atoms with Crippen molar-refractivity contribution in [3.05, 3.63) is 29.3 Å². The summed E-state index contributed by atoms with van der Waals surface area (Å²) >= 11 is 0. The number of nitrogens with two attached hydrogens (primary N) is 1. The maximum atomic E-state index is 5.77. The minimum absolute atomic E-state index is 0.555. The van der Waals surface area contributed by atoms with Crippen molar-refractivity contribution in [3.63, 3.8) is 0 Å². The van der Waals surface area contributed by atoms with Gasteiger partial charge in [-0.1, -0.05) is 19.1 Å². The lowest BCUT2D eigenvalue weighted by Crippen LogP contribution is -2.02. The second-order valence-corrected chi connectivity index (χ2v) is 3.80. The van der Waals surface area contributed by atoms with Crippen LogP contribution in [0.5, 0.6) is 5.88 Å². The highest BCUT2D eigenvalue weighted by Crippen LogP contribution is 2.18. The van der Waals surface area contributed by atoms with E-state index in [2.05, 4.69) is 24.1 Å². The summed E-state index contributed by atoms with van der Waals surface area (Å²) < 4.78 is 5.53. The maximum absolute atomic E-state index is 5.77. The van der Waals surface area contributed by atoms with Gasteiger partial charge in [-0.15, -0.1) is 0 Å². The molecule has 0 fully saturated rings. The van der Waals surface area contributed by atoms with Crippen molar-refractivity contribution < 1.29 is 4.74 Å². The Kier molecular flexibility index (Phi) is 4.83. The molecule has 0 aromatic carbocycles. The third-order valence-corrected chi connectivity index (χ3v) is 2.48. The Morgan fingerprint density at radius 1 is 1.38 bits per heavy atom. The molecule has 2 N–H and O–H groups in total. The molecule has 0 radical (unpaired) electrons. The van der Waals surface area contributed by atoms with E-state index in [-0.39, 0.29) is 0 Å². The molecule has 0 bridgehead atoms. The highest BCUT2D eigenvalue weighted by atomic mass is 16.5. The Morgan fingerprint density at radius 3 is 2.75 bits per heavy atom. The van der Waals surface area contributed by atoms with Crippen molar-refractivity contribution in [3.8, 4) is 5.88 Å². The van der Waals surface area contributed by atoms with Crippen molar-refractivity contribution >= 4 is 5.82 Å². The summed E-state index contributed by atoms with van der Waals surface area (Å²) in [7, 11) is 0. The molecule has 88 valence electrons. The third-order valence-electron chi connectivity index (χ3n) is 2.48. The molecule has 0 aliphatic rings. The van der Waals surface area contributed by atoms with Gasteiger partial charge in [0.1, 0.15) is 5.82 Å². The van der Waals surface area contributed by atoms with Crippen molar-refractivity contribution in [2.75, 3.05) is 12.3 Å². The number of aromatic nitrogens is 1. The second-order valence-electron chi connectivity index (χ2n) is 3.80. The molecule has 1 aromatic heterocycles. The van der Waals surface area contributed by atoms with Gasteiger partial charge >= 0.3 is 0 Å². The van der Waals surface area contributed by atoms with Gasteiger partial charge in [-0.2, -0.15) is 4.98 Å². The second kappa shape index (κ2) is 6.16. The lowest BCUT2D eigenvalue weighted by Gasteiger charge is -2.08. The van der Waals surface area contributed by atoms with E-state index in [4.69, 9.17) is 10.5 Å². The number of ether oxygens (including phenoxy) is 1. The monoisotopic (exact) mass is 220 g/mol. The molecule has 0 saturated carbocycles. The largest absolute Gasteiger partial charge is 0.477 e. The normalized spacial score (nSPS) is 10.9. The molecular formula is C13H20N2O. The highest BCUT2D eigenvalue weighted by Gasteiger charge is 2.03. The first-order valence-electron chi connectivity index (χ1n) is 5.66. The van der Waals surface area contributed by atoms with Gasteiger partial charge in [0.25, 0.3) is 0 Å². The zero-order valence-electron chi connectivity index (χ0n) is 10.3. The summed E-state index contributed by atoms with van der Waals surface area (Å²) in [5.74, 6) is 1.17. The molecule has 16 heavy (non-hydrogen) atoms. The molecule has 0 saturated heterocycles. The van der Waals surface area contributed by atoms with E-state index < -0.39 is 0 Å². The van der Waals surface area contributed by atoms with Gasteiger partial charge in [0.15, 0.2) is 0 Å². The SMILES string of the molecule is CCC=CCCOc1cc(C)c(C)c(N)n1. The number of nitrogen functional groups attached to an aromatic ring is 1. The Hall–Kier alpha value is -1.51. The lowest BCUT2D eigenvalue weighted by molar-refractivity contribution is 0.312. The molecule has 0 atom stereocenters. The summed E-state index contributed by atoms with van der Waals surface area (Å²) in [4.78, 5) is 4.18. The fraction of sp³-hybridized carbons (Fsp3) is 0.462. The maximum Gasteiger partial charge on any atom is 0.215 e. The molecule has 1 rings (SSSR count). The van der Waals surface area contributed by atoms with Crippen molar-refractivity contribution in [2.24, 2.45) is 0 Å². The molecule has 0 amide bonds. The summed E-state index contributed by atoms with van der Waals surface area (Å²) in [6, 6.07) is 1.93. The van der Waals surface area contributed by atoms with Crippen LogP contribution in [0.4, 0.5) is 5.82 Å². The highest BCUT2D eigenvalue weighted by molar-refractivity contribution is 5.45. The smallest absolute Gasteiger partial charge is 0.215 e. The predicted molar refractivity (Wildman–Crippen MR) is 67.7 cm³/mol. The van der Waals surface area contributed by atoms with Crippen LogP contribution in [0, 0.1) is 13.8 Å². The van der Waals surface area contributed by atoms with E-state index in [1.165, 1.54) is 0 Å². The predicted octanol–water partition coefficient (Wildman–Crippen LogP) is 3.02. The van der Waals surface area contributed by atoms with E-state index in [1.54, 1.807) is 0 Å². The summed E-state index contributed by atoms with van der Waals surface area (Å²) in [5.41, 5.74) is 7.91. The van der Waals surface area contributed by atoms with E-state index in [0.29, 0.717) is 18.3 Å². The minimum Gasteiger partial charge on any atom is -0.477 e. The lowest BCUT2D eigenvalue weighted by atomic mass is 10.2. The Labute approximate surface area is 97.3 Å².